The number of esters is 1. The van der Waals surface area contributed by atoms with E-state index in [9.17, 15) is 14.4 Å². The Morgan fingerprint density at radius 2 is 1.76 bits per heavy atom. The van der Waals surface area contributed by atoms with Crippen LogP contribution in [-0.4, -0.2) is 29.9 Å². The molecule has 170 valence electrons. The smallest absolute Gasteiger partial charge is 0.337 e. The van der Waals surface area contributed by atoms with Crippen molar-refractivity contribution < 1.29 is 19.1 Å². The average Bonchev–Trinajstić information content (AvgIpc) is 3.29. The van der Waals surface area contributed by atoms with Gasteiger partial charge in [-0.25, -0.2) is 4.79 Å². The highest BCUT2D eigenvalue weighted by Gasteiger charge is 2.17. The first kappa shape index (κ1) is 22.5. The summed E-state index contributed by atoms with van der Waals surface area (Å²) in [5.41, 5.74) is 12.0. The Morgan fingerprint density at radius 1 is 1.03 bits per heavy atom. The number of ether oxygens (including phenoxy) is 1. The Labute approximate surface area is 196 Å². The Kier molecular flexibility index (Phi) is 6.01. The Hall–Kier alpha value is -4.65. The second-order valence-corrected chi connectivity index (χ2v) is 7.74. The average molecular weight is 453 g/mol. The highest BCUT2D eigenvalue weighted by atomic mass is 16.5. The molecule has 0 saturated heterocycles. The number of methoxy groups -OCH3 is 1. The van der Waals surface area contributed by atoms with E-state index in [1.54, 1.807) is 30.3 Å². The zero-order valence-electron chi connectivity index (χ0n) is 18.8. The Bertz CT molecular complexity index is 1450. The first-order valence-electron chi connectivity index (χ1n) is 10.5. The van der Waals surface area contributed by atoms with Crippen molar-refractivity contribution >= 4 is 34.4 Å². The van der Waals surface area contributed by atoms with Crippen molar-refractivity contribution in [3.05, 3.63) is 90.0 Å². The summed E-state index contributed by atoms with van der Waals surface area (Å²) in [7, 11) is 1.33. The summed E-state index contributed by atoms with van der Waals surface area (Å²) in [6, 6.07) is 18.1. The molecule has 0 bridgehead atoms. The molecule has 0 aliphatic rings. The van der Waals surface area contributed by atoms with Gasteiger partial charge in [-0.2, -0.15) is 0 Å². The summed E-state index contributed by atoms with van der Waals surface area (Å²) in [6.07, 6.45) is 1.22. The van der Waals surface area contributed by atoms with Crippen LogP contribution >= 0.6 is 0 Å². The van der Waals surface area contributed by atoms with E-state index in [0.29, 0.717) is 22.3 Å². The number of nitrogens with two attached hydrogens (primary N) is 1. The lowest BCUT2D eigenvalue weighted by molar-refractivity contribution is -0.111. The van der Waals surface area contributed by atoms with E-state index in [-0.39, 0.29) is 5.91 Å². The fourth-order valence-corrected chi connectivity index (χ4v) is 3.97. The second kappa shape index (κ2) is 9.07. The van der Waals surface area contributed by atoms with Gasteiger partial charge in [-0.15, -0.1) is 0 Å². The molecule has 2 amide bonds. The van der Waals surface area contributed by atoms with Gasteiger partial charge in [0.1, 0.15) is 0 Å². The SMILES string of the molecule is C=CC(=O)Nc1cccc(-c2ccc(C(N)=O)c3[nH]c(-c4ccc(C(=O)OC)cc4)cc23)c1C. The van der Waals surface area contributed by atoms with Crippen molar-refractivity contribution in [3.63, 3.8) is 0 Å². The molecule has 0 aliphatic heterocycles. The summed E-state index contributed by atoms with van der Waals surface area (Å²) in [6.45, 7) is 5.42. The summed E-state index contributed by atoms with van der Waals surface area (Å²) < 4.78 is 4.76. The van der Waals surface area contributed by atoms with E-state index in [1.807, 2.05) is 37.3 Å². The lowest BCUT2D eigenvalue weighted by atomic mass is 9.94. The third-order valence-electron chi connectivity index (χ3n) is 5.74. The maximum Gasteiger partial charge on any atom is 0.337 e. The number of nitrogens with one attached hydrogen (secondary N) is 2. The molecule has 1 heterocycles. The highest BCUT2D eigenvalue weighted by Crippen LogP contribution is 2.37. The van der Waals surface area contributed by atoms with Crippen LogP contribution in [0.2, 0.25) is 0 Å². The third kappa shape index (κ3) is 4.06. The molecule has 0 atom stereocenters. The van der Waals surface area contributed by atoms with Crippen molar-refractivity contribution in [1.29, 1.82) is 0 Å². The molecule has 0 spiro atoms. The van der Waals surface area contributed by atoms with Crippen molar-refractivity contribution in [2.45, 2.75) is 6.92 Å². The van der Waals surface area contributed by atoms with Crippen LogP contribution in [0.25, 0.3) is 33.3 Å². The molecule has 7 heteroatoms. The van der Waals surface area contributed by atoms with Gasteiger partial charge in [-0.05, 0) is 65.6 Å². The Balaban J connectivity index is 1.88. The fourth-order valence-electron chi connectivity index (χ4n) is 3.97. The normalized spacial score (nSPS) is 10.6. The van der Waals surface area contributed by atoms with E-state index in [2.05, 4.69) is 16.9 Å². The molecule has 4 aromatic rings. The summed E-state index contributed by atoms with van der Waals surface area (Å²) in [4.78, 5) is 39.0. The van der Waals surface area contributed by atoms with Gasteiger partial charge in [0.2, 0.25) is 5.91 Å². The molecular weight excluding hydrogens is 430 g/mol. The fraction of sp³-hybridized carbons (Fsp3) is 0.0741. The van der Waals surface area contributed by atoms with E-state index >= 15 is 0 Å². The van der Waals surface area contributed by atoms with Gasteiger partial charge < -0.3 is 20.8 Å². The van der Waals surface area contributed by atoms with E-state index in [1.165, 1.54) is 13.2 Å². The van der Waals surface area contributed by atoms with Crippen LogP contribution in [-0.2, 0) is 9.53 Å². The number of amides is 2. The number of aromatic amines is 1. The zero-order chi connectivity index (χ0) is 24.4. The summed E-state index contributed by atoms with van der Waals surface area (Å²) in [5.74, 6) is -1.26. The third-order valence-corrected chi connectivity index (χ3v) is 5.74. The van der Waals surface area contributed by atoms with Crippen LogP contribution in [0.4, 0.5) is 5.69 Å². The molecule has 1 aromatic heterocycles. The number of anilines is 1. The Morgan fingerprint density at radius 3 is 2.41 bits per heavy atom. The van der Waals surface area contributed by atoms with Crippen LogP contribution in [0.15, 0.2) is 73.3 Å². The van der Waals surface area contributed by atoms with Gasteiger partial charge in [-0.3, -0.25) is 9.59 Å². The number of rotatable bonds is 6. The van der Waals surface area contributed by atoms with Gasteiger partial charge in [0.25, 0.3) is 5.91 Å². The van der Waals surface area contributed by atoms with E-state index in [0.717, 1.165) is 33.3 Å². The first-order chi connectivity index (χ1) is 16.3. The standard InChI is InChI=1S/C27H23N3O4/c1-4-24(31)29-22-7-5-6-18(15(22)2)19-12-13-20(26(28)32)25-21(19)14-23(30-25)16-8-10-17(11-9-16)27(33)34-3/h4-14,30H,1H2,2-3H3,(H2,28,32)(H,29,31). The van der Waals surface area contributed by atoms with Crippen LogP contribution < -0.4 is 11.1 Å². The van der Waals surface area contributed by atoms with Crippen molar-refractivity contribution in [2.24, 2.45) is 5.73 Å². The maximum atomic E-state index is 12.1. The highest BCUT2D eigenvalue weighted by molar-refractivity contribution is 6.11. The number of primary amides is 1. The molecule has 7 nitrogen and oxygen atoms in total. The molecule has 0 saturated carbocycles. The molecule has 3 aromatic carbocycles. The van der Waals surface area contributed by atoms with Crippen molar-refractivity contribution in [3.8, 4) is 22.4 Å². The molecule has 0 radical (unpaired) electrons. The monoisotopic (exact) mass is 453 g/mol. The van der Waals surface area contributed by atoms with Gasteiger partial charge in [0, 0.05) is 16.8 Å². The molecule has 0 aliphatic carbocycles. The van der Waals surface area contributed by atoms with E-state index < -0.39 is 11.9 Å². The molecule has 4 N–H and O–H groups in total. The lowest BCUT2D eigenvalue weighted by Crippen LogP contribution is -2.11. The lowest BCUT2D eigenvalue weighted by Gasteiger charge is -2.13. The summed E-state index contributed by atoms with van der Waals surface area (Å²) in [5, 5.41) is 3.63. The molecule has 4 rings (SSSR count). The second-order valence-electron chi connectivity index (χ2n) is 7.74. The zero-order valence-corrected chi connectivity index (χ0v) is 18.8. The quantitative estimate of drug-likeness (QED) is 0.287. The molecule has 34 heavy (non-hydrogen) atoms. The number of benzene rings is 3. The minimum absolute atomic E-state index is 0.297. The number of hydrogen-bond acceptors (Lipinski definition) is 4. The predicted molar refractivity (Wildman–Crippen MR) is 133 cm³/mol. The predicted octanol–water partition coefficient (Wildman–Crippen LogP) is 4.82. The van der Waals surface area contributed by atoms with Gasteiger partial charge in [-0.1, -0.05) is 36.9 Å². The number of carbonyl (C=O) groups excluding carboxylic acids is 3. The van der Waals surface area contributed by atoms with E-state index in [4.69, 9.17) is 10.5 Å². The first-order valence-corrected chi connectivity index (χ1v) is 10.5. The van der Waals surface area contributed by atoms with Crippen LogP contribution in [0, 0.1) is 6.92 Å². The van der Waals surface area contributed by atoms with Gasteiger partial charge >= 0.3 is 5.97 Å². The number of fused-ring (bicyclic) bond motifs is 1. The number of aromatic nitrogens is 1. The number of hydrogen-bond donors (Lipinski definition) is 3. The maximum absolute atomic E-state index is 12.1. The minimum Gasteiger partial charge on any atom is -0.465 e. The van der Waals surface area contributed by atoms with Crippen LogP contribution in [0.3, 0.4) is 0 Å². The van der Waals surface area contributed by atoms with Gasteiger partial charge in [0.05, 0.1) is 23.8 Å². The number of carbonyl (C=O) groups is 3. The molecular formula is C27H23N3O4. The molecule has 0 fully saturated rings. The largest absolute Gasteiger partial charge is 0.465 e. The molecule has 0 unspecified atom stereocenters. The van der Waals surface area contributed by atoms with Crippen molar-refractivity contribution in [1.82, 2.24) is 4.98 Å². The summed E-state index contributed by atoms with van der Waals surface area (Å²) >= 11 is 0. The van der Waals surface area contributed by atoms with Crippen molar-refractivity contribution in [2.75, 3.05) is 12.4 Å². The number of H-pyrrole nitrogens is 1. The minimum atomic E-state index is -0.547. The van der Waals surface area contributed by atoms with Crippen LogP contribution in [0.1, 0.15) is 26.3 Å². The van der Waals surface area contributed by atoms with Crippen LogP contribution in [0.5, 0.6) is 0 Å². The topological polar surface area (TPSA) is 114 Å². The van der Waals surface area contributed by atoms with Gasteiger partial charge in [0.15, 0.2) is 0 Å².